The molecule has 3 rings (SSSR count). The molecule has 0 radical (unpaired) electrons. The van der Waals surface area contributed by atoms with Gasteiger partial charge in [-0.05, 0) is 42.4 Å². The summed E-state index contributed by atoms with van der Waals surface area (Å²) in [4.78, 5) is -0.300. The summed E-state index contributed by atoms with van der Waals surface area (Å²) in [7, 11) is 3.67. The maximum absolute atomic E-state index is 11.9. The second-order valence-corrected chi connectivity index (χ2v) is 9.08. The normalized spacial score (nSPS) is 24.0. The highest BCUT2D eigenvalue weighted by atomic mass is 31.8. The monoisotopic (exact) mass is 310 g/mol. The molecule has 3 unspecified atom stereocenters. The van der Waals surface area contributed by atoms with Crippen LogP contribution in [0, 0.1) is 0 Å². The molecule has 0 aromatic heterocycles. The highest BCUT2D eigenvalue weighted by molar-refractivity contribution is 8.06. The van der Waals surface area contributed by atoms with E-state index in [9.17, 15) is 4.57 Å². The predicted molar refractivity (Wildman–Crippen MR) is 82.4 cm³/mol. The van der Waals surface area contributed by atoms with Crippen molar-refractivity contribution >= 4 is 35.2 Å². The van der Waals surface area contributed by atoms with Gasteiger partial charge < -0.3 is 9.26 Å². The van der Waals surface area contributed by atoms with E-state index in [0.29, 0.717) is 6.61 Å². The second-order valence-electron chi connectivity index (χ2n) is 4.43. The van der Waals surface area contributed by atoms with E-state index in [2.05, 4.69) is 21.6 Å². The molecule has 1 heterocycles. The van der Waals surface area contributed by atoms with Crippen LogP contribution in [0.15, 0.2) is 36.4 Å². The first-order valence-electron chi connectivity index (χ1n) is 5.80. The molecule has 1 aliphatic rings. The summed E-state index contributed by atoms with van der Waals surface area (Å²) in [5.74, 6) is 0.846. The van der Waals surface area contributed by atoms with Crippen LogP contribution < -0.4 is 4.74 Å². The Morgan fingerprint density at radius 1 is 1.26 bits per heavy atom. The fourth-order valence-corrected chi connectivity index (χ4v) is 6.03. The standard InChI is InChI=1S/C13H13O3P3/c1-15-12-5-3-9-6-11(4-2-10(9)7-12)13(8-16-17)18-19(13)14/h2-7H,8,17H2,1H3. The Labute approximate surface area is 116 Å². The van der Waals surface area contributed by atoms with Crippen molar-refractivity contribution in [1.82, 2.24) is 0 Å². The number of hydrogen-bond donors (Lipinski definition) is 0. The van der Waals surface area contributed by atoms with Gasteiger partial charge in [-0.3, -0.25) is 4.57 Å². The largest absolute Gasteiger partial charge is 0.497 e. The highest BCUT2D eigenvalue weighted by Crippen LogP contribution is 2.72. The number of hydrogen-bond acceptors (Lipinski definition) is 3. The average Bonchev–Trinajstić information content (AvgIpc) is 3.09. The van der Waals surface area contributed by atoms with Crippen LogP contribution in [0.25, 0.3) is 10.8 Å². The Balaban J connectivity index is 2.05. The third-order valence-corrected chi connectivity index (χ3v) is 7.87. The van der Waals surface area contributed by atoms with E-state index in [4.69, 9.17) is 9.26 Å². The number of fused-ring (bicyclic) bond motifs is 1. The summed E-state index contributed by atoms with van der Waals surface area (Å²) in [5.41, 5.74) is 1.09. The van der Waals surface area contributed by atoms with Gasteiger partial charge in [0.05, 0.1) is 13.7 Å². The fraction of sp³-hybridized carbons (Fsp3) is 0.231. The molecule has 0 spiro atoms. The fourth-order valence-electron chi connectivity index (χ4n) is 2.18. The Kier molecular flexibility index (Phi) is 3.50. The van der Waals surface area contributed by atoms with Crippen molar-refractivity contribution in [3.8, 4) is 5.75 Å². The molecule has 19 heavy (non-hydrogen) atoms. The zero-order valence-corrected chi connectivity index (χ0v) is 13.3. The maximum atomic E-state index is 11.9. The molecule has 3 nitrogen and oxygen atoms in total. The average molecular weight is 310 g/mol. The van der Waals surface area contributed by atoms with Crippen LogP contribution in [-0.2, 0) is 14.0 Å². The minimum absolute atomic E-state index is 0.300. The SMILES string of the molecule is COc1ccc2cc(C3(COP)P=P3=O)ccc2c1. The maximum Gasteiger partial charge on any atom is 0.144 e. The van der Waals surface area contributed by atoms with Crippen molar-refractivity contribution < 1.29 is 13.8 Å². The van der Waals surface area contributed by atoms with E-state index in [1.165, 1.54) is 0 Å². The van der Waals surface area contributed by atoms with Crippen molar-refractivity contribution in [2.75, 3.05) is 13.7 Å². The van der Waals surface area contributed by atoms with Gasteiger partial charge in [-0.2, -0.15) is 0 Å². The molecule has 0 saturated heterocycles. The van der Waals surface area contributed by atoms with Crippen molar-refractivity contribution in [2.45, 2.75) is 4.90 Å². The summed E-state index contributed by atoms with van der Waals surface area (Å²) >= 11 is 0. The molecule has 0 bridgehead atoms. The smallest absolute Gasteiger partial charge is 0.144 e. The van der Waals surface area contributed by atoms with Gasteiger partial charge in [0.25, 0.3) is 0 Å². The van der Waals surface area contributed by atoms with E-state index in [1.54, 1.807) is 7.11 Å². The van der Waals surface area contributed by atoms with Crippen LogP contribution in [0.1, 0.15) is 5.56 Å². The summed E-state index contributed by atoms with van der Waals surface area (Å²) < 4.78 is 22.2. The topological polar surface area (TPSA) is 35.5 Å². The van der Waals surface area contributed by atoms with Crippen molar-refractivity contribution in [1.29, 1.82) is 0 Å². The Morgan fingerprint density at radius 2 is 1.95 bits per heavy atom. The number of rotatable bonds is 4. The molecule has 2 aromatic carbocycles. The Hall–Kier alpha value is -0.710. The minimum Gasteiger partial charge on any atom is -0.497 e. The van der Waals surface area contributed by atoms with Crippen molar-refractivity contribution in [2.24, 2.45) is 0 Å². The van der Waals surface area contributed by atoms with Crippen molar-refractivity contribution in [3.05, 3.63) is 42.0 Å². The van der Waals surface area contributed by atoms with E-state index in [-0.39, 0.29) is 4.90 Å². The van der Waals surface area contributed by atoms with Gasteiger partial charge in [-0.25, -0.2) is 0 Å². The molecule has 0 aliphatic carbocycles. The van der Waals surface area contributed by atoms with Gasteiger partial charge in [-0.1, -0.05) is 18.2 Å². The quantitative estimate of drug-likeness (QED) is 0.779. The van der Waals surface area contributed by atoms with E-state index in [1.807, 2.05) is 24.3 Å². The lowest BCUT2D eigenvalue weighted by atomic mass is 10.0. The summed E-state index contributed by atoms with van der Waals surface area (Å²) in [6.45, 7) is 0.482. The van der Waals surface area contributed by atoms with Crippen LogP contribution in [0.2, 0.25) is 0 Å². The molecule has 0 N–H and O–H groups in total. The molecular weight excluding hydrogens is 297 g/mol. The summed E-state index contributed by atoms with van der Waals surface area (Å²) in [6, 6.07) is 12.2. The van der Waals surface area contributed by atoms with Gasteiger partial charge in [0.2, 0.25) is 0 Å². The first-order valence-corrected chi connectivity index (χ1v) is 9.13. The van der Waals surface area contributed by atoms with Crippen LogP contribution in [0.4, 0.5) is 0 Å². The van der Waals surface area contributed by atoms with Gasteiger partial charge >= 0.3 is 0 Å². The number of methoxy groups -OCH3 is 1. The van der Waals surface area contributed by atoms with E-state index in [0.717, 1.165) is 30.0 Å². The highest BCUT2D eigenvalue weighted by Gasteiger charge is 2.46. The van der Waals surface area contributed by atoms with Gasteiger partial charge in [0.1, 0.15) is 17.7 Å². The van der Waals surface area contributed by atoms with Gasteiger partial charge in [0, 0.05) is 9.47 Å². The van der Waals surface area contributed by atoms with Gasteiger partial charge in [-0.15, -0.1) is 0 Å². The van der Waals surface area contributed by atoms with Crippen LogP contribution in [0.5, 0.6) is 5.75 Å². The van der Waals surface area contributed by atoms with E-state index < -0.39 is 7.09 Å². The molecule has 0 amide bonds. The molecule has 0 saturated carbocycles. The zero-order valence-electron chi connectivity index (χ0n) is 10.4. The molecule has 98 valence electrons. The molecular formula is C13H13O3P3. The Bertz CT molecular complexity index is 722. The lowest BCUT2D eigenvalue weighted by Gasteiger charge is -2.13. The zero-order chi connectivity index (χ0) is 13.5. The van der Waals surface area contributed by atoms with Gasteiger partial charge in [0.15, 0.2) is 0 Å². The number of benzene rings is 2. The summed E-state index contributed by atoms with van der Waals surface area (Å²) in [6.07, 6.45) is 0. The number of ether oxygens (including phenoxy) is 1. The molecule has 6 heteroatoms. The first kappa shape index (κ1) is 13.3. The van der Waals surface area contributed by atoms with E-state index >= 15 is 0 Å². The predicted octanol–water partition coefficient (Wildman–Crippen LogP) is 4.51. The van der Waals surface area contributed by atoms with Crippen molar-refractivity contribution in [3.63, 3.8) is 0 Å². The molecule has 3 atom stereocenters. The minimum atomic E-state index is -1.21. The van der Waals surface area contributed by atoms with Crippen LogP contribution >= 0.6 is 24.4 Å². The first-order chi connectivity index (χ1) is 9.19. The Morgan fingerprint density at radius 3 is 2.58 bits per heavy atom. The lowest BCUT2D eigenvalue weighted by Crippen LogP contribution is -2.10. The van der Waals surface area contributed by atoms with Crippen LogP contribution in [-0.4, -0.2) is 13.7 Å². The lowest BCUT2D eigenvalue weighted by molar-refractivity contribution is 0.359. The molecule has 1 aliphatic heterocycles. The van der Waals surface area contributed by atoms with Crippen LogP contribution in [0.3, 0.4) is 0 Å². The molecule has 2 aromatic rings. The summed E-state index contributed by atoms with van der Waals surface area (Å²) in [5, 5.41) is 2.25. The molecule has 0 fully saturated rings. The third-order valence-electron chi connectivity index (χ3n) is 3.33. The third kappa shape index (κ3) is 2.26. The second kappa shape index (κ2) is 5.00.